The molecule has 4 nitrogen and oxygen atoms in total. The summed E-state index contributed by atoms with van der Waals surface area (Å²) in [5, 5.41) is 5.36. The average molecular weight is 304 g/mol. The van der Waals surface area contributed by atoms with Gasteiger partial charge in [-0.15, -0.1) is 0 Å². The normalized spacial score (nSPS) is 19.1. The van der Waals surface area contributed by atoms with Crippen molar-refractivity contribution in [3.63, 3.8) is 0 Å². The number of fused-ring (bicyclic) bond motifs is 1. The maximum atomic E-state index is 12.3. The van der Waals surface area contributed by atoms with Crippen LogP contribution in [0.2, 0.25) is 0 Å². The van der Waals surface area contributed by atoms with Crippen LogP contribution >= 0.6 is 0 Å². The maximum Gasteiger partial charge on any atom is 0.240 e. The Bertz CT molecular complexity index is 722. The third kappa shape index (κ3) is 3.43. The van der Waals surface area contributed by atoms with Gasteiger partial charge in [0.1, 0.15) is 0 Å². The standard InChI is InChI=1S/C16H20N2O2S/c19-21(20,18-11-9-15-6-3-10-17-15)16-8-7-13-4-1-2-5-14(13)12-16/h1-2,4-5,7-8,12,15,17-18H,3,6,9-11H2/t15-/m0/s1. The lowest BCUT2D eigenvalue weighted by atomic mass is 10.1. The molecule has 1 aliphatic rings. The van der Waals surface area contributed by atoms with E-state index in [1.165, 1.54) is 6.42 Å². The topological polar surface area (TPSA) is 58.2 Å². The lowest BCUT2D eigenvalue weighted by molar-refractivity contribution is 0.539. The first-order valence-electron chi connectivity index (χ1n) is 7.37. The summed E-state index contributed by atoms with van der Waals surface area (Å²) in [7, 11) is -3.42. The highest BCUT2D eigenvalue weighted by atomic mass is 32.2. The van der Waals surface area contributed by atoms with Gasteiger partial charge < -0.3 is 5.32 Å². The first kappa shape index (κ1) is 14.5. The molecular weight excluding hydrogens is 284 g/mol. The summed E-state index contributed by atoms with van der Waals surface area (Å²) in [5.74, 6) is 0. The molecule has 0 amide bonds. The van der Waals surface area contributed by atoms with E-state index in [1.807, 2.05) is 30.3 Å². The molecule has 1 aliphatic heterocycles. The monoisotopic (exact) mass is 304 g/mol. The third-order valence-corrected chi connectivity index (χ3v) is 5.44. The SMILES string of the molecule is O=S(=O)(NCC[C@@H]1CCCN1)c1ccc2ccccc2c1. The van der Waals surface area contributed by atoms with Gasteiger partial charge >= 0.3 is 0 Å². The van der Waals surface area contributed by atoms with Crippen LogP contribution in [0.25, 0.3) is 10.8 Å². The van der Waals surface area contributed by atoms with Crippen molar-refractivity contribution in [1.82, 2.24) is 10.0 Å². The van der Waals surface area contributed by atoms with Crippen LogP contribution < -0.4 is 10.0 Å². The number of hydrogen-bond donors (Lipinski definition) is 2. The molecule has 1 saturated heterocycles. The predicted molar refractivity (Wildman–Crippen MR) is 84.8 cm³/mol. The molecule has 0 aliphatic carbocycles. The van der Waals surface area contributed by atoms with Gasteiger partial charge in [-0.05, 0) is 48.7 Å². The average Bonchev–Trinajstić information content (AvgIpc) is 3.00. The minimum Gasteiger partial charge on any atom is -0.314 e. The first-order chi connectivity index (χ1) is 10.1. The molecule has 3 rings (SSSR count). The van der Waals surface area contributed by atoms with Crippen LogP contribution in [0.5, 0.6) is 0 Å². The lowest BCUT2D eigenvalue weighted by Crippen LogP contribution is -2.30. The second kappa shape index (κ2) is 6.13. The van der Waals surface area contributed by atoms with Gasteiger partial charge in [-0.25, -0.2) is 13.1 Å². The summed E-state index contributed by atoms with van der Waals surface area (Å²) in [6.07, 6.45) is 3.16. The van der Waals surface area contributed by atoms with Crippen molar-refractivity contribution in [3.8, 4) is 0 Å². The largest absolute Gasteiger partial charge is 0.314 e. The maximum absolute atomic E-state index is 12.3. The minimum absolute atomic E-state index is 0.334. The fourth-order valence-electron chi connectivity index (χ4n) is 2.79. The van der Waals surface area contributed by atoms with Crippen LogP contribution in [0.4, 0.5) is 0 Å². The van der Waals surface area contributed by atoms with Crippen LogP contribution in [-0.2, 0) is 10.0 Å². The Morgan fingerprint density at radius 2 is 1.95 bits per heavy atom. The summed E-state index contributed by atoms with van der Waals surface area (Å²) in [4.78, 5) is 0.334. The van der Waals surface area contributed by atoms with Gasteiger partial charge in [0.2, 0.25) is 10.0 Å². The highest BCUT2D eigenvalue weighted by Gasteiger charge is 2.17. The summed E-state index contributed by atoms with van der Waals surface area (Å²) in [5.41, 5.74) is 0. The number of hydrogen-bond acceptors (Lipinski definition) is 3. The van der Waals surface area contributed by atoms with E-state index in [0.717, 1.165) is 30.2 Å². The molecule has 112 valence electrons. The van der Waals surface area contributed by atoms with Gasteiger partial charge in [0.15, 0.2) is 0 Å². The van der Waals surface area contributed by atoms with Crippen molar-refractivity contribution in [2.24, 2.45) is 0 Å². The Hall–Kier alpha value is -1.43. The fourth-order valence-corrected chi connectivity index (χ4v) is 3.87. The van der Waals surface area contributed by atoms with Gasteiger partial charge in [0, 0.05) is 12.6 Å². The second-order valence-electron chi connectivity index (χ2n) is 5.49. The molecule has 21 heavy (non-hydrogen) atoms. The zero-order valence-electron chi connectivity index (χ0n) is 11.9. The molecule has 1 atom stereocenters. The third-order valence-electron chi connectivity index (χ3n) is 3.98. The summed E-state index contributed by atoms with van der Waals surface area (Å²) < 4.78 is 27.3. The quantitative estimate of drug-likeness (QED) is 0.891. The fraction of sp³-hybridized carbons (Fsp3) is 0.375. The zero-order valence-corrected chi connectivity index (χ0v) is 12.7. The molecule has 0 bridgehead atoms. The highest BCUT2D eigenvalue weighted by Crippen LogP contribution is 2.19. The molecule has 0 unspecified atom stereocenters. The summed E-state index contributed by atoms with van der Waals surface area (Å²) in [6.45, 7) is 1.52. The Morgan fingerprint density at radius 3 is 2.71 bits per heavy atom. The number of nitrogens with one attached hydrogen (secondary N) is 2. The van der Waals surface area contributed by atoms with E-state index < -0.39 is 10.0 Å². The molecular formula is C16H20N2O2S. The lowest BCUT2D eigenvalue weighted by Gasteiger charge is -2.11. The molecule has 0 spiro atoms. The number of rotatable bonds is 5. The van der Waals surface area contributed by atoms with E-state index in [9.17, 15) is 8.42 Å². The van der Waals surface area contributed by atoms with Crippen LogP contribution in [0.15, 0.2) is 47.4 Å². The predicted octanol–water partition coefficient (Wildman–Crippen LogP) is 2.26. The Kier molecular flexibility index (Phi) is 4.24. The number of sulfonamides is 1. The molecule has 1 heterocycles. The van der Waals surface area contributed by atoms with Gasteiger partial charge in [-0.1, -0.05) is 30.3 Å². The van der Waals surface area contributed by atoms with Crippen molar-refractivity contribution in [1.29, 1.82) is 0 Å². The first-order valence-corrected chi connectivity index (χ1v) is 8.85. The van der Waals surface area contributed by atoms with Crippen molar-refractivity contribution in [2.45, 2.75) is 30.2 Å². The van der Waals surface area contributed by atoms with E-state index in [4.69, 9.17) is 0 Å². The molecule has 2 aromatic carbocycles. The Balaban J connectivity index is 1.70. The van der Waals surface area contributed by atoms with Gasteiger partial charge in [-0.2, -0.15) is 0 Å². The van der Waals surface area contributed by atoms with Crippen molar-refractivity contribution in [3.05, 3.63) is 42.5 Å². The minimum atomic E-state index is -3.42. The van der Waals surface area contributed by atoms with Crippen molar-refractivity contribution in [2.75, 3.05) is 13.1 Å². The van der Waals surface area contributed by atoms with Crippen molar-refractivity contribution < 1.29 is 8.42 Å². The van der Waals surface area contributed by atoms with E-state index >= 15 is 0 Å². The number of benzene rings is 2. The Morgan fingerprint density at radius 1 is 1.14 bits per heavy atom. The Labute approximate surface area is 125 Å². The van der Waals surface area contributed by atoms with E-state index in [2.05, 4.69) is 10.0 Å². The van der Waals surface area contributed by atoms with Crippen LogP contribution in [-0.4, -0.2) is 27.5 Å². The van der Waals surface area contributed by atoms with Gasteiger partial charge in [0.25, 0.3) is 0 Å². The summed E-state index contributed by atoms with van der Waals surface area (Å²) in [6, 6.07) is 13.5. The van der Waals surface area contributed by atoms with Crippen LogP contribution in [0.1, 0.15) is 19.3 Å². The smallest absolute Gasteiger partial charge is 0.240 e. The zero-order chi connectivity index (χ0) is 14.7. The van der Waals surface area contributed by atoms with Crippen LogP contribution in [0, 0.1) is 0 Å². The van der Waals surface area contributed by atoms with E-state index in [1.54, 1.807) is 12.1 Å². The molecule has 1 fully saturated rings. The molecule has 0 aromatic heterocycles. The molecule has 2 aromatic rings. The highest BCUT2D eigenvalue weighted by molar-refractivity contribution is 7.89. The molecule has 0 saturated carbocycles. The second-order valence-corrected chi connectivity index (χ2v) is 7.26. The molecule has 2 N–H and O–H groups in total. The summed E-state index contributed by atoms with van der Waals surface area (Å²) >= 11 is 0. The van der Waals surface area contributed by atoms with Gasteiger partial charge in [0.05, 0.1) is 4.90 Å². The molecule has 0 radical (unpaired) electrons. The van der Waals surface area contributed by atoms with Crippen molar-refractivity contribution >= 4 is 20.8 Å². The molecule has 5 heteroatoms. The van der Waals surface area contributed by atoms with E-state index in [-0.39, 0.29) is 0 Å². The van der Waals surface area contributed by atoms with Gasteiger partial charge in [-0.3, -0.25) is 0 Å². The van der Waals surface area contributed by atoms with Crippen LogP contribution in [0.3, 0.4) is 0 Å². The van der Waals surface area contributed by atoms with E-state index in [0.29, 0.717) is 17.5 Å².